The zero-order valence-electron chi connectivity index (χ0n) is 12.4. The molecule has 3 fully saturated rings. The van der Waals surface area contributed by atoms with Crippen molar-refractivity contribution in [1.82, 2.24) is 10.2 Å². The van der Waals surface area contributed by atoms with E-state index in [9.17, 15) is 4.79 Å². The van der Waals surface area contributed by atoms with E-state index in [0.717, 1.165) is 24.8 Å². The maximum atomic E-state index is 12.6. The molecule has 1 aliphatic heterocycles. The lowest BCUT2D eigenvalue weighted by molar-refractivity contribution is -0.140. The molecule has 108 valence electrons. The molecule has 0 aromatic rings. The summed E-state index contributed by atoms with van der Waals surface area (Å²) < 4.78 is 0. The van der Waals surface area contributed by atoms with Crippen LogP contribution < -0.4 is 5.32 Å². The van der Waals surface area contributed by atoms with Gasteiger partial charge in [0.25, 0.3) is 0 Å². The number of nitrogens with zero attached hydrogens (tertiary/aromatic N) is 1. The van der Waals surface area contributed by atoms with Gasteiger partial charge >= 0.3 is 0 Å². The molecule has 4 atom stereocenters. The van der Waals surface area contributed by atoms with Crippen molar-refractivity contribution < 1.29 is 4.79 Å². The molecule has 0 radical (unpaired) electrons. The molecule has 1 N–H and O–H groups in total. The number of piperidine rings is 1. The third kappa shape index (κ3) is 2.96. The number of carbonyl (C=O) groups is 1. The van der Waals surface area contributed by atoms with Gasteiger partial charge in [-0.1, -0.05) is 13.8 Å². The van der Waals surface area contributed by atoms with Gasteiger partial charge < -0.3 is 10.2 Å². The fourth-order valence-corrected chi connectivity index (χ4v) is 3.75. The molecule has 0 bridgehead atoms. The minimum Gasteiger partial charge on any atom is -0.338 e. The van der Waals surface area contributed by atoms with Crippen LogP contribution in [0.5, 0.6) is 0 Å². The van der Waals surface area contributed by atoms with Crippen molar-refractivity contribution in [3.63, 3.8) is 0 Å². The van der Waals surface area contributed by atoms with Crippen molar-refractivity contribution in [2.24, 2.45) is 11.8 Å². The summed E-state index contributed by atoms with van der Waals surface area (Å²) in [7, 11) is 0. The molecule has 4 unspecified atom stereocenters. The van der Waals surface area contributed by atoms with Crippen LogP contribution in [0, 0.1) is 11.8 Å². The molecule has 3 rings (SSSR count). The van der Waals surface area contributed by atoms with Gasteiger partial charge in [-0.05, 0) is 56.8 Å². The van der Waals surface area contributed by atoms with Gasteiger partial charge in [0.2, 0.25) is 5.91 Å². The fraction of sp³-hybridized carbons (Fsp3) is 0.938. The Morgan fingerprint density at radius 2 is 1.84 bits per heavy atom. The number of amides is 1. The summed E-state index contributed by atoms with van der Waals surface area (Å²) in [5.41, 5.74) is 0. The lowest BCUT2D eigenvalue weighted by atomic mass is 9.78. The van der Waals surface area contributed by atoms with Gasteiger partial charge in [-0.25, -0.2) is 0 Å². The lowest BCUT2D eigenvalue weighted by Crippen LogP contribution is -2.55. The van der Waals surface area contributed by atoms with E-state index < -0.39 is 0 Å². The summed E-state index contributed by atoms with van der Waals surface area (Å²) in [4.78, 5) is 14.9. The molecule has 0 aromatic carbocycles. The van der Waals surface area contributed by atoms with E-state index in [4.69, 9.17) is 0 Å². The summed E-state index contributed by atoms with van der Waals surface area (Å²) in [6.07, 6.45) is 8.47. The molecule has 1 heterocycles. The minimum absolute atomic E-state index is 0.121. The van der Waals surface area contributed by atoms with E-state index in [-0.39, 0.29) is 6.04 Å². The lowest BCUT2D eigenvalue weighted by Gasteiger charge is -2.43. The highest BCUT2D eigenvalue weighted by atomic mass is 16.2. The number of rotatable bonds is 3. The van der Waals surface area contributed by atoms with Gasteiger partial charge in [-0.2, -0.15) is 0 Å². The van der Waals surface area contributed by atoms with E-state index in [1.165, 1.54) is 38.5 Å². The Kier molecular flexibility index (Phi) is 3.84. The minimum atomic E-state index is 0.121. The van der Waals surface area contributed by atoms with Crippen LogP contribution in [0.25, 0.3) is 0 Å². The standard InChI is InChI=1S/C16H28N2O/c1-11-5-8-14(10-12(11)2)18-9-3-4-15(16(18)19)17-13-6-7-13/h11-15,17H,3-10H2,1-2H3. The number of hydrogen-bond acceptors (Lipinski definition) is 2. The second-order valence-corrected chi connectivity index (χ2v) is 7.09. The zero-order chi connectivity index (χ0) is 13.4. The second-order valence-electron chi connectivity index (χ2n) is 7.09. The number of likely N-dealkylation sites (tertiary alicyclic amines) is 1. The monoisotopic (exact) mass is 264 g/mol. The van der Waals surface area contributed by atoms with Crippen molar-refractivity contribution in [2.45, 2.75) is 76.9 Å². The summed E-state index contributed by atoms with van der Waals surface area (Å²) in [5.74, 6) is 1.99. The van der Waals surface area contributed by atoms with E-state index in [1.807, 2.05) is 0 Å². The van der Waals surface area contributed by atoms with Gasteiger partial charge in [-0.15, -0.1) is 0 Å². The molecule has 2 saturated carbocycles. The molecule has 0 aromatic heterocycles. The number of carbonyl (C=O) groups excluding carboxylic acids is 1. The zero-order valence-corrected chi connectivity index (χ0v) is 12.4. The number of nitrogens with one attached hydrogen (secondary N) is 1. The first kappa shape index (κ1) is 13.4. The van der Waals surface area contributed by atoms with Gasteiger partial charge in [0, 0.05) is 18.6 Å². The largest absolute Gasteiger partial charge is 0.338 e. The van der Waals surface area contributed by atoms with Crippen LogP contribution in [0.15, 0.2) is 0 Å². The molecular formula is C16H28N2O. The maximum absolute atomic E-state index is 12.6. The van der Waals surface area contributed by atoms with Gasteiger partial charge in [-0.3, -0.25) is 4.79 Å². The van der Waals surface area contributed by atoms with E-state index >= 15 is 0 Å². The smallest absolute Gasteiger partial charge is 0.239 e. The first-order chi connectivity index (χ1) is 9.15. The Balaban J connectivity index is 1.61. The topological polar surface area (TPSA) is 32.3 Å². The van der Waals surface area contributed by atoms with Crippen LogP contribution in [0.4, 0.5) is 0 Å². The first-order valence-electron chi connectivity index (χ1n) is 8.21. The summed E-state index contributed by atoms with van der Waals surface area (Å²) in [5, 5.41) is 3.54. The summed E-state index contributed by atoms with van der Waals surface area (Å²) in [6.45, 7) is 5.70. The molecule has 19 heavy (non-hydrogen) atoms. The van der Waals surface area contributed by atoms with Crippen molar-refractivity contribution >= 4 is 5.91 Å². The molecular weight excluding hydrogens is 236 g/mol. The predicted molar refractivity (Wildman–Crippen MR) is 76.9 cm³/mol. The molecule has 2 aliphatic carbocycles. The molecule has 3 heteroatoms. The molecule has 1 saturated heterocycles. The average Bonchev–Trinajstić information content (AvgIpc) is 3.20. The van der Waals surface area contributed by atoms with Crippen molar-refractivity contribution in [3.8, 4) is 0 Å². The third-order valence-electron chi connectivity index (χ3n) is 5.50. The molecule has 3 nitrogen and oxygen atoms in total. The summed E-state index contributed by atoms with van der Waals surface area (Å²) in [6, 6.07) is 1.28. The van der Waals surface area contributed by atoms with Crippen LogP contribution >= 0.6 is 0 Å². The maximum Gasteiger partial charge on any atom is 0.239 e. The van der Waals surface area contributed by atoms with Crippen LogP contribution in [0.2, 0.25) is 0 Å². The van der Waals surface area contributed by atoms with Gasteiger partial charge in [0.05, 0.1) is 6.04 Å². The van der Waals surface area contributed by atoms with E-state index in [0.29, 0.717) is 18.0 Å². The Hall–Kier alpha value is -0.570. The normalized spacial score (nSPS) is 40.5. The first-order valence-corrected chi connectivity index (χ1v) is 8.21. The van der Waals surface area contributed by atoms with E-state index in [2.05, 4.69) is 24.1 Å². The Morgan fingerprint density at radius 1 is 1.05 bits per heavy atom. The number of hydrogen-bond donors (Lipinski definition) is 1. The fourth-order valence-electron chi connectivity index (χ4n) is 3.75. The molecule has 1 amide bonds. The second kappa shape index (κ2) is 5.43. The highest BCUT2D eigenvalue weighted by Crippen LogP contribution is 2.33. The Labute approximate surface area is 117 Å². The van der Waals surface area contributed by atoms with Crippen molar-refractivity contribution in [2.75, 3.05) is 6.54 Å². The van der Waals surface area contributed by atoms with Crippen LogP contribution in [-0.4, -0.2) is 35.5 Å². The van der Waals surface area contributed by atoms with E-state index in [1.54, 1.807) is 0 Å². The van der Waals surface area contributed by atoms with Crippen LogP contribution in [-0.2, 0) is 4.79 Å². The SMILES string of the molecule is CC1CCC(N2CCCC(NC3CC3)C2=O)CC1C. The van der Waals surface area contributed by atoms with Gasteiger partial charge in [0.1, 0.15) is 0 Å². The average molecular weight is 264 g/mol. The van der Waals surface area contributed by atoms with Crippen molar-refractivity contribution in [3.05, 3.63) is 0 Å². The molecule has 0 spiro atoms. The highest BCUT2D eigenvalue weighted by molar-refractivity contribution is 5.83. The van der Waals surface area contributed by atoms with Crippen LogP contribution in [0.3, 0.4) is 0 Å². The Bertz CT molecular complexity index is 340. The highest BCUT2D eigenvalue weighted by Gasteiger charge is 2.38. The predicted octanol–water partition coefficient (Wildman–Crippen LogP) is 2.55. The Morgan fingerprint density at radius 3 is 2.53 bits per heavy atom. The van der Waals surface area contributed by atoms with Crippen LogP contribution in [0.1, 0.15) is 58.8 Å². The van der Waals surface area contributed by atoms with Gasteiger partial charge in [0.15, 0.2) is 0 Å². The quantitative estimate of drug-likeness (QED) is 0.849. The summed E-state index contributed by atoms with van der Waals surface area (Å²) >= 11 is 0. The molecule has 3 aliphatic rings. The third-order valence-corrected chi connectivity index (χ3v) is 5.50. The van der Waals surface area contributed by atoms with Crippen molar-refractivity contribution in [1.29, 1.82) is 0 Å².